The number of ether oxygens (including phenoxy) is 2. The van der Waals surface area contributed by atoms with Crippen molar-refractivity contribution in [1.82, 2.24) is 16.2 Å². The Labute approximate surface area is 155 Å². The molecule has 1 rings (SSSR count). The lowest BCUT2D eigenvalue weighted by molar-refractivity contribution is 0.0943. The Balaban J connectivity index is 2.49. The van der Waals surface area contributed by atoms with Crippen molar-refractivity contribution in [2.45, 2.75) is 39.5 Å². The van der Waals surface area contributed by atoms with E-state index in [0.29, 0.717) is 28.1 Å². The Hall–Kier alpha value is -2.02. The largest absolute Gasteiger partial charge is 0.497 e. The van der Waals surface area contributed by atoms with Crippen molar-refractivity contribution in [2.24, 2.45) is 5.92 Å². The molecule has 0 saturated carbocycles. The summed E-state index contributed by atoms with van der Waals surface area (Å²) >= 11 is 5.21. The highest BCUT2D eigenvalue weighted by Crippen LogP contribution is 2.22. The Bertz CT molecular complexity index is 544. The van der Waals surface area contributed by atoms with Crippen LogP contribution < -0.4 is 25.6 Å². The second-order valence-electron chi connectivity index (χ2n) is 5.81. The van der Waals surface area contributed by atoms with Gasteiger partial charge in [-0.05, 0) is 36.7 Å². The molecular formula is C18H29N3O3S. The van der Waals surface area contributed by atoms with Crippen LogP contribution in [0.4, 0.5) is 0 Å². The molecule has 1 amide bonds. The fraction of sp³-hybridized carbons (Fsp3) is 0.556. The quantitative estimate of drug-likeness (QED) is 0.460. The molecule has 140 valence electrons. The second kappa shape index (κ2) is 11.5. The minimum atomic E-state index is -0.320. The van der Waals surface area contributed by atoms with Gasteiger partial charge in [-0.2, -0.15) is 0 Å². The Morgan fingerprint density at radius 2 is 1.76 bits per heavy atom. The first-order valence-electron chi connectivity index (χ1n) is 8.61. The smallest absolute Gasteiger partial charge is 0.269 e. The molecule has 0 heterocycles. The standard InChI is InChI=1S/C18H29N3O3S/c1-5-7-8-13(6-2)12-19-18(25)21-20-17(22)14-9-15(23-3)11-16(10-14)24-4/h9-11,13H,5-8,12H2,1-4H3,(H,20,22)(H2,19,21,25)/t13-/m0/s1. The average molecular weight is 368 g/mol. The number of benzene rings is 1. The summed E-state index contributed by atoms with van der Waals surface area (Å²) in [6.07, 6.45) is 4.69. The molecule has 0 bridgehead atoms. The second-order valence-corrected chi connectivity index (χ2v) is 6.22. The first-order chi connectivity index (χ1) is 12.0. The van der Waals surface area contributed by atoms with Crippen molar-refractivity contribution in [3.63, 3.8) is 0 Å². The molecule has 1 aromatic carbocycles. The molecule has 1 aromatic rings. The van der Waals surface area contributed by atoms with E-state index in [0.717, 1.165) is 13.0 Å². The molecular weight excluding hydrogens is 338 g/mol. The van der Waals surface area contributed by atoms with Gasteiger partial charge in [0.2, 0.25) is 0 Å². The number of hydrogen-bond acceptors (Lipinski definition) is 4. The lowest BCUT2D eigenvalue weighted by atomic mass is 9.99. The minimum absolute atomic E-state index is 0.320. The van der Waals surface area contributed by atoms with Crippen LogP contribution in [0.25, 0.3) is 0 Å². The molecule has 0 aliphatic heterocycles. The van der Waals surface area contributed by atoms with Crippen LogP contribution in [0, 0.1) is 5.92 Å². The summed E-state index contributed by atoms with van der Waals surface area (Å²) in [4.78, 5) is 12.2. The van der Waals surface area contributed by atoms with E-state index in [1.807, 2.05) is 0 Å². The van der Waals surface area contributed by atoms with Crippen LogP contribution in [0.3, 0.4) is 0 Å². The van der Waals surface area contributed by atoms with Crippen LogP contribution in [-0.2, 0) is 0 Å². The monoisotopic (exact) mass is 367 g/mol. The summed E-state index contributed by atoms with van der Waals surface area (Å²) < 4.78 is 10.3. The number of thiocarbonyl (C=S) groups is 1. The molecule has 0 unspecified atom stereocenters. The molecule has 1 atom stereocenters. The van der Waals surface area contributed by atoms with Crippen LogP contribution in [0.1, 0.15) is 49.9 Å². The Morgan fingerprint density at radius 1 is 1.12 bits per heavy atom. The van der Waals surface area contributed by atoms with E-state index in [2.05, 4.69) is 30.0 Å². The summed E-state index contributed by atoms with van der Waals surface area (Å²) in [5.41, 5.74) is 5.73. The minimum Gasteiger partial charge on any atom is -0.497 e. The lowest BCUT2D eigenvalue weighted by Crippen LogP contribution is -2.47. The van der Waals surface area contributed by atoms with Gasteiger partial charge in [0.05, 0.1) is 14.2 Å². The molecule has 7 heteroatoms. The Kier molecular flexibility index (Phi) is 9.69. The Morgan fingerprint density at radius 3 is 2.28 bits per heavy atom. The highest BCUT2D eigenvalue weighted by atomic mass is 32.1. The number of rotatable bonds is 9. The maximum absolute atomic E-state index is 12.2. The topological polar surface area (TPSA) is 71.6 Å². The van der Waals surface area contributed by atoms with Crippen LogP contribution >= 0.6 is 12.2 Å². The van der Waals surface area contributed by atoms with E-state index in [4.69, 9.17) is 21.7 Å². The number of hydrogen-bond donors (Lipinski definition) is 3. The summed E-state index contributed by atoms with van der Waals surface area (Å²) in [6.45, 7) is 5.16. The van der Waals surface area contributed by atoms with Gasteiger partial charge < -0.3 is 14.8 Å². The zero-order valence-corrected chi connectivity index (χ0v) is 16.3. The summed E-state index contributed by atoms with van der Waals surface area (Å²) in [7, 11) is 3.08. The molecule has 0 fully saturated rings. The van der Waals surface area contributed by atoms with E-state index in [1.165, 1.54) is 33.5 Å². The predicted molar refractivity (Wildman–Crippen MR) is 104 cm³/mol. The molecule has 0 saturated heterocycles. The first kappa shape index (κ1) is 21.0. The third-order valence-electron chi connectivity index (χ3n) is 4.00. The van der Waals surface area contributed by atoms with Crippen LogP contribution in [-0.4, -0.2) is 31.8 Å². The number of nitrogens with one attached hydrogen (secondary N) is 3. The maximum Gasteiger partial charge on any atom is 0.269 e. The van der Waals surface area contributed by atoms with Gasteiger partial charge >= 0.3 is 0 Å². The summed E-state index contributed by atoms with van der Waals surface area (Å²) in [6, 6.07) is 4.97. The van der Waals surface area contributed by atoms with Gasteiger partial charge in [0.1, 0.15) is 11.5 Å². The zero-order valence-electron chi connectivity index (χ0n) is 15.5. The van der Waals surface area contributed by atoms with Gasteiger partial charge in [-0.1, -0.05) is 33.1 Å². The third-order valence-corrected chi connectivity index (χ3v) is 4.24. The molecule has 0 spiro atoms. The number of carbonyl (C=O) groups is 1. The predicted octanol–water partition coefficient (Wildman–Crippen LogP) is 3.03. The van der Waals surface area contributed by atoms with E-state index in [9.17, 15) is 4.79 Å². The van der Waals surface area contributed by atoms with Gasteiger partial charge in [-0.3, -0.25) is 15.6 Å². The van der Waals surface area contributed by atoms with Crippen molar-refractivity contribution in [3.05, 3.63) is 23.8 Å². The molecule has 25 heavy (non-hydrogen) atoms. The van der Waals surface area contributed by atoms with Crippen LogP contribution in [0.5, 0.6) is 11.5 Å². The van der Waals surface area contributed by atoms with E-state index >= 15 is 0 Å². The highest BCUT2D eigenvalue weighted by molar-refractivity contribution is 7.80. The summed E-state index contributed by atoms with van der Waals surface area (Å²) in [5, 5.41) is 3.55. The van der Waals surface area contributed by atoms with Crippen molar-refractivity contribution >= 4 is 23.2 Å². The normalized spacial score (nSPS) is 11.4. The molecule has 0 radical (unpaired) electrons. The lowest BCUT2D eigenvalue weighted by Gasteiger charge is -2.17. The van der Waals surface area contributed by atoms with Gasteiger partial charge in [0, 0.05) is 18.2 Å². The molecule has 0 aliphatic carbocycles. The maximum atomic E-state index is 12.2. The number of carbonyl (C=O) groups excluding carboxylic acids is 1. The van der Waals surface area contributed by atoms with Gasteiger partial charge in [-0.15, -0.1) is 0 Å². The van der Waals surface area contributed by atoms with Gasteiger partial charge in [-0.25, -0.2) is 0 Å². The first-order valence-corrected chi connectivity index (χ1v) is 9.02. The van der Waals surface area contributed by atoms with Gasteiger partial charge in [0.15, 0.2) is 5.11 Å². The van der Waals surface area contributed by atoms with Crippen LogP contribution in [0.2, 0.25) is 0 Å². The zero-order chi connectivity index (χ0) is 18.7. The highest BCUT2D eigenvalue weighted by Gasteiger charge is 2.11. The fourth-order valence-electron chi connectivity index (χ4n) is 2.35. The number of methoxy groups -OCH3 is 2. The molecule has 6 nitrogen and oxygen atoms in total. The number of amides is 1. The van der Waals surface area contributed by atoms with E-state index in [1.54, 1.807) is 18.2 Å². The number of unbranched alkanes of at least 4 members (excludes halogenated alkanes) is 1. The third kappa shape index (κ3) is 7.60. The fourth-order valence-corrected chi connectivity index (χ4v) is 2.48. The van der Waals surface area contributed by atoms with Crippen LogP contribution in [0.15, 0.2) is 18.2 Å². The van der Waals surface area contributed by atoms with E-state index < -0.39 is 0 Å². The number of hydrazine groups is 1. The van der Waals surface area contributed by atoms with Crippen molar-refractivity contribution < 1.29 is 14.3 Å². The average Bonchev–Trinajstić information content (AvgIpc) is 2.65. The summed E-state index contributed by atoms with van der Waals surface area (Å²) in [5.74, 6) is 1.36. The molecule has 0 aliphatic rings. The van der Waals surface area contributed by atoms with Gasteiger partial charge in [0.25, 0.3) is 5.91 Å². The van der Waals surface area contributed by atoms with Crippen molar-refractivity contribution in [3.8, 4) is 11.5 Å². The van der Waals surface area contributed by atoms with Crippen molar-refractivity contribution in [2.75, 3.05) is 20.8 Å². The molecule has 0 aromatic heterocycles. The molecule has 3 N–H and O–H groups in total. The SMILES string of the molecule is CCCC[C@H](CC)CNC(=S)NNC(=O)c1cc(OC)cc(OC)c1. The van der Waals surface area contributed by atoms with E-state index in [-0.39, 0.29) is 5.91 Å². The van der Waals surface area contributed by atoms with Crippen molar-refractivity contribution in [1.29, 1.82) is 0 Å².